The number of benzene rings is 2. The summed E-state index contributed by atoms with van der Waals surface area (Å²) in [5.74, 6) is -0.202. The van der Waals surface area contributed by atoms with Crippen LogP contribution in [-0.2, 0) is 4.79 Å². The Bertz CT molecular complexity index is 611. The van der Waals surface area contributed by atoms with E-state index in [0.29, 0.717) is 10.7 Å². The number of anilines is 1. The normalized spacial score (nSPS) is 10.6. The zero-order valence-corrected chi connectivity index (χ0v) is 12.9. The lowest BCUT2D eigenvalue weighted by atomic mass is 10.2. The van der Waals surface area contributed by atoms with Gasteiger partial charge in [0.1, 0.15) is 0 Å². The summed E-state index contributed by atoms with van der Waals surface area (Å²) in [6, 6.07) is 15.1. The maximum Gasteiger partial charge on any atom is 0.248 e. The van der Waals surface area contributed by atoms with Gasteiger partial charge in [0, 0.05) is 9.65 Å². The fourth-order valence-corrected chi connectivity index (χ4v) is 2.40. The molecule has 2 aromatic carbocycles. The minimum atomic E-state index is -0.202. The summed E-state index contributed by atoms with van der Waals surface area (Å²) in [7, 11) is 0. The molecule has 0 radical (unpaired) electrons. The molecule has 0 saturated heterocycles. The highest BCUT2D eigenvalue weighted by molar-refractivity contribution is 14.1. The first kappa shape index (κ1) is 14.1. The summed E-state index contributed by atoms with van der Waals surface area (Å²) in [5.41, 5.74) is 1.59. The molecule has 1 amide bonds. The largest absolute Gasteiger partial charge is 0.321 e. The summed E-state index contributed by atoms with van der Waals surface area (Å²) in [4.78, 5) is 11.8. The highest BCUT2D eigenvalue weighted by Gasteiger charge is 2.03. The third-order valence-electron chi connectivity index (χ3n) is 2.42. The van der Waals surface area contributed by atoms with Gasteiger partial charge in [-0.3, -0.25) is 4.79 Å². The van der Waals surface area contributed by atoms with E-state index in [1.807, 2.05) is 36.4 Å². The molecule has 0 aliphatic heterocycles. The molecule has 2 rings (SSSR count). The van der Waals surface area contributed by atoms with Gasteiger partial charge in [-0.2, -0.15) is 0 Å². The molecule has 0 aromatic heterocycles. The third kappa shape index (κ3) is 4.36. The Kier molecular flexibility index (Phi) is 4.99. The van der Waals surface area contributed by atoms with Crippen LogP contribution in [0, 0.1) is 3.57 Å². The third-order valence-corrected chi connectivity index (χ3v) is 3.40. The van der Waals surface area contributed by atoms with E-state index in [-0.39, 0.29) is 5.91 Å². The summed E-state index contributed by atoms with van der Waals surface area (Å²) < 4.78 is 1.03. The van der Waals surface area contributed by atoms with Gasteiger partial charge in [0.15, 0.2) is 0 Å². The van der Waals surface area contributed by atoms with Crippen LogP contribution < -0.4 is 5.32 Å². The molecule has 0 unspecified atom stereocenters. The van der Waals surface area contributed by atoms with Gasteiger partial charge in [-0.15, -0.1) is 0 Å². The Hall–Kier alpha value is -1.33. The van der Waals surface area contributed by atoms with Gasteiger partial charge in [0.05, 0.1) is 10.7 Å². The van der Waals surface area contributed by atoms with Crippen molar-refractivity contribution in [2.75, 3.05) is 5.32 Å². The summed E-state index contributed by atoms with van der Waals surface area (Å²) >= 11 is 8.22. The van der Waals surface area contributed by atoms with Gasteiger partial charge in [0.2, 0.25) is 5.91 Å². The Morgan fingerprint density at radius 1 is 1.16 bits per heavy atom. The molecule has 0 spiro atoms. The summed E-state index contributed by atoms with van der Waals surface area (Å²) in [6.07, 6.45) is 3.25. The van der Waals surface area contributed by atoms with Crippen LogP contribution in [0.3, 0.4) is 0 Å². The van der Waals surface area contributed by atoms with Crippen LogP contribution in [-0.4, -0.2) is 5.91 Å². The van der Waals surface area contributed by atoms with Crippen molar-refractivity contribution in [3.8, 4) is 0 Å². The number of carbonyl (C=O) groups is 1. The zero-order chi connectivity index (χ0) is 13.7. The van der Waals surface area contributed by atoms with Crippen molar-refractivity contribution in [2.24, 2.45) is 0 Å². The lowest BCUT2D eigenvalue weighted by Gasteiger charge is -2.04. The molecule has 0 atom stereocenters. The molecule has 19 heavy (non-hydrogen) atoms. The fourth-order valence-electron chi connectivity index (χ4n) is 1.50. The minimum absolute atomic E-state index is 0.202. The molecule has 0 aliphatic rings. The van der Waals surface area contributed by atoms with Crippen molar-refractivity contribution >= 4 is 51.9 Å². The van der Waals surface area contributed by atoms with Crippen LogP contribution in [0.4, 0.5) is 5.69 Å². The van der Waals surface area contributed by atoms with E-state index >= 15 is 0 Å². The lowest BCUT2D eigenvalue weighted by molar-refractivity contribution is -0.111. The van der Waals surface area contributed by atoms with Crippen molar-refractivity contribution in [3.63, 3.8) is 0 Å². The van der Waals surface area contributed by atoms with Gasteiger partial charge in [0.25, 0.3) is 0 Å². The number of hydrogen-bond donors (Lipinski definition) is 1. The van der Waals surface area contributed by atoms with E-state index in [9.17, 15) is 4.79 Å². The maximum atomic E-state index is 11.8. The molecule has 0 aliphatic carbocycles. The molecular weight excluding hydrogens is 373 g/mol. The lowest BCUT2D eigenvalue weighted by Crippen LogP contribution is -2.08. The van der Waals surface area contributed by atoms with Crippen LogP contribution >= 0.6 is 34.2 Å². The molecule has 0 heterocycles. The standard InChI is InChI=1S/C15H11ClINO/c16-13-10-12(17)7-8-14(13)18-15(19)9-6-11-4-2-1-3-5-11/h1-10H,(H,18,19). The monoisotopic (exact) mass is 383 g/mol. The van der Waals surface area contributed by atoms with E-state index in [0.717, 1.165) is 9.13 Å². The Morgan fingerprint density at radius 3 is 2.58 bits per heavy atom. The van der Waals surface area contributed by atoms with Crippen molar-refractivity contribution in [2.45, 2.75) is 0 Å². The van der Waals surface area contributed by atoms with Gasteiger partial charge >= 0.3 is 0 Å². The average Bonchev–Trinajstić information content (AvgIpc) is 2.41. The highest BCUT2D eigenvalue weighted by Crippen LogP contribution is 2.23. The van der Waals surface area contributed by atoms with Gasteiger partial charge in [-0.1, -0.05) is 41.9 Å². The van der Waals surface area contributed by atoms with Crippen molar-refractivity contribution in [1.82, 2.24) is 0 Å². The molecule has 1 N–H and O–H groups in total. The minimum Gasteiger partial charge on any atom is -0.321 e. The van der Waals surface area contributed by atoms with Crippen LogP contribution in [0.1, 0.15) is 5.56 Å². The van der Waals surface area contributed by atoms with Crippen molar-refractivity contribution in [1.29, 1.82) is 0 Å². The number of rotatable bonds is 3. The maximum absolute atomic E-state index is 11.8. The molecule has 96 valence electrons. The predicted octanol–water partition coefficient (Wildman–Crippen LogP) is 4.60. The number of hydrogen-bond acceptors (Lipinski definition) is 1. The Labute approximate surface area is 130 Å². The van der Waals surface area contributed by atoms with E-state index < -0.39 is 0 Å². The SMILES string of the molecule is O=C(C=Cc1ccccc1)Nc1ccc(I)cc1Cl. The quantitative estimate of drug-likeness (QED) is 0.609. The molecule has 0 saturated carbocycles. The molecule has 4 heteroatoms. The van der Waals surface area contributed by atoms with Crippen LogP contribution in [0.5, 0.6) is 0 Å². The Morgan fingerprint density at radius 2 is 1.89 bits per heavy atom. The fraction of sp³-hybridized carbons (Fsp3) is 0. The van der Waals surface area contributed by atoms with Gasteiger partial charge < -0.3 is 5.32 Å². The number of carbonyl (C=O) groups excluding carboxylic acids is 1. The molecule has 2 aromatic rings. The first-order valence-corrected chi connectivity index (χ1v) is 7.10. The van der Waals surface area contributed by atoms with Crippen LogP contribution in [0.2, 0.25) is 5.02 Å². The number of amides is 1. The molecule has 0 bridgehead atoms. The first-order valence-electron chi connectivity index (χ1n) is 5.64. The van der Waals surface area contributed by atoms with E-state index in [4.69, 9.17) is 11.6 Å². The van der Waals surface area contributed by atoms with Crippen molar-refractivity contribution < 1.29 is 4.79 Å². The number of nitrogens with one attached hydrogen (secondary N) is 1. The Balaban J connectivity index is 2.04. The van der Waals surface area contributed by atoms with Gasteiger partial charge in [-0.05, 0) is 52.4 Å². The number of halogens is 2. The summed E-state index contributed by atoms with van der Waals surface area (Å²) in [6.45, 7) is 0. The van der Waals surface area contributed by atoms with Crippen LogP contribution in [0.15, 0.2) is 54.6 Å². The van der Waals surface area contributed by atoms with E-state index in [2.05, 4.69) is 27.9 Å². The topological polar surface area (TPSA) is 29.1 Å². The summed E-state index contributed by atoms with van der Waals surface area (Å²) in [5, 5.41) is 3.28. The van der Waals surface area contributed by atoms with Crippen molar-refractivity contribution in [3.05, 3.63) is 68.8 Å². The second kappa shape index (κ2) is 6.73. The molecular formula is C15H11ClINO. The average molecular weight is 384 g/mol. The van der Waals surface area contributed by atoms with E-state index in [1.165, 1.54) is 6.08 Å². The molecule has 0 fully saturated rings. The van der Waals surface area contributed by atoms with E-state index in [1.54, 1.807) is 18.2 Å². The highest BCUT2D eigenvalue weighted by atomic mass is 127. The second-order valence-corrected chi connectivity index (χ2v) is 5.51. The molecule has 2 nitrogen and oxygen atoms in total. The predicted molar refractivity (Wildman–Crippen MR) is 88.3 cm³/mol. The second-order valence-electron chi connectivity index (χ2n) is 3.86. The zero-order valence-electron chi connectivity index (χ0n) is 9.94. The first-order chi connectivity index (χ1) is 9.15. The van der Waals surface area contributed by atoms with Crippen LogP contribution in [0.25, 0.3) is 6.08 Å². The van der Waals surface area contributed by atoms with Gasteiger partial charge in [-0.25, -0.2) is 0 Å². The smallest absolute Gasteiger partial charge is 0.248 e.